The maximum atomic E-state index is 11.5. The summed E-state index contributed by atoms with van der Waals surface area (Å²) in [7, 11) is 0. The second kappa shape index (κ2) is 18.7. The van der Waals surface area contributed by atoms with Crippen LogP contribution in [0.4, 0.5) is 4.79 Å². The van der Waals surface area contributed by atoms with Gasteiger partial charge in [-0.1, -0.05) is 36.9 Å². The van der Waals surface area contributed by atoms with Crippen molar-refractivity contribution in [2.45, 2.75) is 45.3 Å². The maximum Gasteiger partial charge on any atom is 3.00 e. The summed E-state index contributed by atoms with van der Waals surface area (Å²) in [6.45, 7) is 5.24. The van der Waals surface area contributed by atoms with Gasteiger partial charge in [0.2, 0.25) is 0 Å². The largest absolute Gasteiger partial charge is 3.00 e. The zero-order valence-corrected chi connectivity index (χ0v) is 18.6. The third kappa shape index (κ3) is 15.7. The quantitative estimate of drug-likeness (QED) is 0.252. The average Bonchev–Trinajstić information content (AvgIpc) is 2.74. The van der Waals surface area contributed by atoms with Crippen LogP contribution in [0.25, 0.3) is 0 Å². The Labute approximate surface area is 197 Å². The summed E-state index contributed by atoms with van der Waals surface area (Å²) in [6, 6.07) is 8.12. The van der Waals surface area contributed by atoms with Crippen molar-refractivity contribution in [1.82, 2.24) is 10.6 Å². The molecule has 0 aliphatic rings. The van der Waals surface area contributed by atoms with Crippen molar-refractivity contribution in [3.8, 4) is 0 Å². The number of hydrogen-bond acceptors (Lipinski definition) is 6. The summed E-state index contributed by atoms with van der Waals surface area (Å²) in [6.07, 6.45) is 1.52. The van der Waals surface area contributed by atoms with Gasteiger partial charge in [0.05, 0.1) is 5.91 Å². The first kappa shape index (κ1) is 31.1. The minimum atomic E-state index is -1.23. The van der Waals surface area contributed by atoms with E-state index in [1.807, 2.05) is 30.3 Å². The Morgan fingerprint density at radius 3 is 2.31 bits per heavy atom. The zero-order valence-electron chi connectivity index (χ0n) is 17.6. The SMILES string of the molecule is O=[C-]CNC(=O)OCc1ccccc1.[CH2-]CC[C-](C)C(=O)N[C@@H](CCC(=O)O)C(=O)O.[Ni+3]. The van der Waals surface area contributed by atoms with Crippen molar-refractivity contribution in [2.24, 2.45) is 0 Å². The van der Waals surface area contributed by atoms with E-state index in [2.05, 4.69) is 17.6 Å². The van der Waals surface area contributed by atoms with Crippen molar-refractivity contribution in [1.29, 1.82) is 0 Å². The molecule has 1 aromatic rings. The number of carboxylic acid groups (broad SMARTS) is 2. The first-order valence-corrected chi connectivity index (χ1v) is 9.37. The minimum absolute atomic E-state index is 0. The number of amides is 2. The van der Waals surface area contributed by atoms with Gasteiger partial charge in [-0.05, 0) is 12.0 Å². The summed E-state index contributed by atoms with van der Waals surface area (Å²) in [5.41, 5.74) is 0.901. The number of hydrogen-bond donors (Lipinski definition) is 4. The molecule has 11 heteroatoms. The van der Waals surface area contributed by atoms with E-state index >= 15 is 0 Å². The van der Waals surface area contributed by atoms with Crippen LogP contribution in [0.3, 0.4) is 0 Å². The normalized spacial score (nSPS) is 10.2. The Morgan fingerprint density at radius 1 is 1.19 bits per heavy atom. The Kier molecular flexibility index (Phi) is 18.2. The molecule has 2 amide bonds. The summed E-state index contributed by atoms with van der Waals surface area (Å²) in [5.74, 6) is -2.31. The van der Waals surface area contributed by atoms with Gasteiger partial charge in [-0.15, -0.1) is 0 Å². The molecular formula is C21H27N2NiO8. The Hall–Kier alpha value is -3.07. The van der Waals surface area contributed by atoms with E-state index in [0.717, 1.165) is 5.56 Å². The fraction of sp³-hybridized carbons (Fsp3) is 0.381. The smallest absolute Gasteiger partial charge is 0.540 e. The number of ether oxygens (including phenoxy) is 1. The fourth-order valence-corrected chi connectivity index (χ4v) is 2.07. The summed E-state index contributed by atoms with van der Waals surface area (Å²) in [4.78, 5) is 53.3. The first-order chi connectivity index (χ1) is 14.7. The number of alkyl carbamates (subject to hydrolysis) is 1. The summed E-state index contributed by atoms with van der Waals surface area (Å²) >= 11 is 0. The second-order valence-corrected chi connectivity index (χ2v) is 6.24. The summed E-state index contributed by atoms with van der Waals surface area (Å²) < 4.78 is 4.80. The molecule has 1 rings (SSSR count). The monoisotopic (exact) mass is 493 g/mol. The molecule has 10 nitrogen and oxygen atoms in total. The van der Waals surface area contributed by atoms with E-state index in [1.54, 1.807) is 6.92 Å². The van der Waals surface area contributed by atoms with Crippen LogP contribution in [0.1, 0.15) is 38.2 Å². The molecule has 0 aliphatic carbocycles. The van der Waals surface area contributed by atoms with Crippen molar-refractivity contribution in [3.05, 3.63) is 48.7 Å². The van der Waals surface area contributed by atoms with Crippen LogP contribution >= 0.6 is 0 Å². The molecular weight excluding hydrogens is 467 g/mol. The number of aliphatic carboxylic acids is 2. The van der Waals surface area contributed by atoms with Crippen LogP contribution in [-0.2, 0) is 47.0 Å². The van der Waals surface area contributed by atoms with E-state index in [9.17, 15) is 24.0 Å². The van der Waals surface area contributed by atoms with E-state index in [1.165, 1.54) is 6.29 Å². The van der Waals surface area contributed by atoms with E-state index < -0.39 is 30.0 Å². The van der Waals surface area contributed by atoms with Crippen LogP contribution in [0.15, 0.2) is 30.3 Å². The van der Waals surface area contributed by atoms with Gasteiger partial charge < -0.3 is 42.1 Å². The molecule has 32 heavy (non-hydrogen) atoms. The number of nitrogens with one attached hydrogen (secondary N) is 2. The molecule has 0 fully saturated rings. The molecule has 0 aliphatic heterocycles. The zero-order chi connectivity index (χ0) is 23.6. The number of benzene rings is 1. The topological polar surface area (TPSA) is 159 Å². The number of carbonyl (C=O) groups is 4. The minimum Gasteiger partial charge on any atom is -0.540 e. The van der Waals surface area contributed by atoms with Gasteiger partial charge >= 0.3 is 34.5 Å². The Bertz CT molecular complexity index is 715. The molecule has 1 atom stereocenters. The van der Waals surface area contributed by atoms with Gasteiger partial charge in [0.1, 0.15) is 12.6 Å². The standard InChI is InChI=1S/C11H17NO5.C10H10NO3.Ni/c1-3-4-7(2)10(15)12-8(11(16)17)5-6-9(13)14;12-7-6-11-10(13)14-8-9-4-2-1-3-5-9;/h8H,1,3-6H2,2H3,(H,12,15)(H,13,14)(H,16,17);1-5H,6,8H2,(H,11,13);/q-2;-1;+3/t8-;;/m0../s1. The molecule has 0 heterocycles. The van der Waals surface area contributed by atoms with Gasteiger partial charge in [-0.2, -0.15) is 13.3 Å². The van der Waals surface area contributed by atoms with Crippen LogP contribution in [0.2, 0.25) is 0 Å². The molecule has 0 aromatic heterocycles. The van der Waals surface area contributed by atoms with E-state index in [0.29, 0.717) is 18.8 Å². The molecule has 4 N–H and O–H groups in total. The van der Waals surface area contributed by atoms with Crippen molar-refractivity contribution >= 4 is 30.2 Å². The van der Waals surface area contributed by atoms with Crippen LogP contribution in [-0.4, -0.2) is 53.0 Å². The predicted molar refractivity (Wildman–Crippen MR) is 110 cm³/mol. The average molecular weight is 494 g/mol. The number of carboxylic acids is 2. The third-order valence-electron chi connectivity index (χ3n) is 3.71. The van der Waals surface area contributed by atoms with Crippen LogP contribution in [0, 0.1) is 12.8 Å². The number of carbonyl (C=O) groups excluding carboxylic acids is 3. The van der Waals surface area contributed by atoms with Crippen molar-refractivity contribution in [3.63, 3.8) is 0 Å². The molecule has 0 saturated heterocycles. The molecule has 179 valence electrons. The van der Waals surface area contributed by atoms with Crippen molar-refractivity contribution < 1.29 is 55.4 Å². The van der Waals surface area contributed by atoms with Crippen LogP contribution < -0.4 is 10.6 Å². The molecule has 0 unspecified atom stereocenters. The molecule has 0 spiro atoms. The van der Waals surface area contributed by atoms with Gasteiger partial charge in [-0.25, -0.2) is 22.3 Å². The Morgan fingerprint density at radius 2 is 1.81 bits per heavy atom. The van der Waals surface area contributed by atoms with Gasteiger partial charge in [-0.3, -0.25) is 10.7 Å². The van der Waals surface area contributed by atoms with Gasteiger partial charge in [0.25, 0.3) is 0 Å². The fourth-order valence-electron chi connectivity index (χ4n) is 2.07. The molecule has 0 saturated carbocycles. The predicted octanol–water partition coefficient (Wildman–Crippen LogP) is 1.65. The van der Waals surface area contributed by atoms with Crippen LogP contribution in [0.5, 0.6) is 0 Å². The third-order valence-corrected chi connectivity index (χ3v) is 3.71. The van der Waals surface area contributed by atoms with E-state index in [-0.39, 0.29) is 42.5 Å². The molecule has 1 radical (unpaired) electrons. The van der Waals surface area contributed by atoms with Gasteiger partial charge in [0.15, 0.2) is 0 Å². The molecule has 1 aromatic carbocycles. The second-order valence-electron chi connectivity index (χ2n) is 6.24. The van der Waals surface area contributed by atoms with Crippen molar-refractivity contribution in [2.75, 3.05) is 6.54 Å². The maximum absolute atomic E-state index is 11.5. The first-order valence-electron chi connectivity index (χ1n) is 9.37. The molecule has 0 bridgehead atoms. The number of rotatable bonds is 12. The summed E-state index contributed by atoms with van der Waals surface area (Å²) in [5, 5.41) is 21.8. The Balaban J connectivity index is 0. The van der Waals surface area contributed by atoms with E-state index in [4.69, 9.17) is 14.9 Å². The van der Waals surface area contributed by atoms with Gasteiger partial charge in [0, 0.05) is 6.42 Å².